The summed E-state index contributed by atoms with van der Waals surface area (Å²) in [5, 5.41) is 19.8. The van der Waals surface area contributed by atoms with Crippen molar-refractivity contribution in [2.75, 3.05) is 0 Å². The third-order valence-electron chi connectivity index (χ3n) is 3.61. The number of unbranched alkanes of at least 4 members (excludes halogenated alkanes) is 4. The number of aliphatic hydroxyl groups is 2. The van der Waals surface area contributed by atoms with Crippen molar-refractivity contribution in [1.29, 1.82) is 0 Å². The monoisotopic (exact) mass is 286 g/mol. The van der Waals surface area contributed by atoms with Gasteiger partial charge in [0.15, 0.2) is 0 Å². The third kappa shape index (κ3) is 8.43. The molecule has 4 heteroatoms. The average molecular weight is 286 g/mol. The van der Waals surface area contributed by atoms with E-state index in [0.717, 1.165) is 38.5 Å². The normalized spacial score (nSPS) is 15.6. The number of aldehydes is 1. The van der Waals surface area contributed by atoms with Crippen LogP contribution in [0.25, 0.3) is 0 Å². The van der Waals surface area contributed by atoms with E-state index in [2.05, 4.69) is 6.92 Å². The molecule has 0 amide bonds. The summed E-state index contributed by atoms with van der Waals surface area (Å²) in [6.07, 6.45) is 5.62. The van der Waals surface area contributed by atoms with Crippen LogP contribution in [0.1, 0.15) is 71.6 Å². The van der Waals surface area contributed by atoms with Crippen molar-refractivity contribution in [2.24, 2.45) is 5.92 Å². The molecule has 3 atom stereocenters. The number of hydrogen-bond donors (Lipinski definition) is 2. The van der Waals surface area contributed by atoms with Crippen LogP contribution in [-0.2, 0) is 9.59 Å². The molecule has 2 N–H and O–H groups in total. The minimum absolute atomic E-state index is 0.104. The minimum Gasteiger partial charge on any atom is -0.393 e. The topological polar surface area (TPSA) is 74.6 Å². The highest BCUT2D eigenvalue weighted by atomic mass is 16.3. The van der Waals surface area contributed by atoms with Crippen LogP contribution >= 0.6 is 0 Å². The molecule has 118 valence electrons. The number of carbonyl (C=O) groups is 2. The van der Waals surface area contributed by atoms with E-state index >= 15 is 0 Å². The quantitative estimate of drug-likeness (QED) is 0.310. The molecular weight excluding hydrogens is 256 g/mol. The zero-order chi connectivity index (χ0) is 15.4. The van der Waals surface area contributed by atoms with Gasteiger partial charge in [0.05, 0.1) is 18.1 Å². The fourth-order valence-electron chi connectivity index (χ4n) is 2.27. The summed E-state index contributed by atoms with van der Waals surface area (Å²) < 4.78 is 0. The highest BCUT2D eigenvalue weighted by Gasteiger charge is 2.27. The highest BCUT2D eigenvalue weighted by molar-refractivity contribution is 5.93. The molecule has 0 saturated carbocycles. The van der Waals surface area contributed by atoms with Crippen molar-refractivity contribution in [3.63, 3.8) is 0 Å². The summed E-state index contributed by atoms with van der Waals surface area (Å²) in [5.41, 5.74) is 0. The van der Waals surface area contributed by atoms with Gasteiger partial charge >= 0.3 is 0 Å². The summed E-state index contributed by atoms with van der Waals surface area (Å²) in [5.74, 6) is -1.19. The number of hydrogen-bond acceptors (Lipinski definition) is 4. The van der Waals surface area contributed by atoms with Crippen LogP contribution in [0.3, 0.4) is 0 Å². The van der Waals surface area contributed by atoms with E-state index in [0.29, 0.717) is 19.1 Å². The highest BCUT2D eigenvalue weighted by Crippen LogP contribution is 2.16. The number of aliphatic hydroxyl groups excluding tert-OH is 2. The predicted octanol–water partition coefficient (Wildman–Crippen LogP) is 2.64. The zero-order valence-electron chi connectivity index (χ0n) is 12.9. The van der Waals surface area contributed by atoms with Gasteiger partial charge in [0.2, 0.25) is 0 Å². The first kappa shape index (κ1) is 19.3. The Balaban J connectivity index is 4.14. The van der Waals surface area contributed by atoms with Gasteiger partial charge in [0, 0.05) is 12.8 Å². The van der Waals surface area contributed by atoms with Crippen LogP contribution in [-0.4, -0.2) is 34.5 Å². The minimum atomic E-state index is -1.06. The summed E-state index contributed by atoms with van der Waals surface area (Å²) in [4.78, 5) is 22.9. The first-order chi connectivity index (χ1) is 9.56. The van der Waals surface area contributed by atoms with Gasteiger partial charge < -0.3 is 15.0 Å². The molecule has 4 nitrogen and oxygen atoms in total. The van der Waals surface area contributed by atoms with Crippen LogP contribution in [0.15, 0.2) is 0 Å². The Morgan fingerprint density at radius 3 is 2.20 bits per heavy atom. The van der Waals surface area contributed by atoms with E-state index in [4.69, 9.17) is 0 Å². The number of rotatable bonds is 13. The smallest absolute Gasteiger partial charge is 0.145 e. The Kier molecular flexibility index (Phi) is 11.6. The van der Waals surface area contributed by atoms with Crippen molar-refractivity contribution < 1.29 is 19.8 Å². The molecule has 0 bridgehead atoms. The lowest BCUT2D eigenvalue weighted by atomic mass is 9.91. The molecule has 0 aliphatic carbocycles. The summed E-state index contributed by atoms with van der Waals surface area (Å²) in [6, 6.07) is 0. The summed E-state index contributed by atoms with van der Waals surface area (Å²) in [7, 11) is 0. The lowest BCUT2D eigenvalue weighted by Gasteiger charge is -2.19. The lowest BCUT2D eigenvalue weighted by molar-refractivity contribution is -0.132. The van der Waals surface area contributed by atoms with Gasteiger partial charge in [0.25, 0.3) is 0 Å². The van der Waals surface area contributed by atoms with Crippen molar-refractivity contribution >= 4 is 12.1 Å². The molecule has 0 aromatic carbocycles. The molecule has 0 aromatic heterocycles. The average Bonchev–Trinajstić information content (AvgIpc) is 2.40. The molecule has 0 saturated heterocycles. The zero-order valence-corrected chi connectivity index (χ0v) is 12.9. The molecule has 0 aliphatic rings. The molecule has 0 aromatic rings. The lowest BCUT2D eigenvalue weighted by Crippen LogP contribution is -2.32. The van der Waals surface area contributed by atoms with Crippen LogP contribution in [0.5, 0.6) is 0 Å². The van der Waals surface area contributed by atoms with Crippen LogP contribution in [0.4, 0.5) is 0 Å². The van der Waals surface area contributed by atoms with Gasteiger partial charge in [-0.25, -0.2) is 0 Å². The van der Waals surface area contributed by atoms with E-state index < -0.39 is 18.1 Å². The van der Waals surface area contributed by atoms with Gasteiger partial charge in [-0.2, -0.15) is 0 Å². The Hall–Kier alpha value is -0.740. The van der Waals surface area contributed by atoms with Crippen molar-refractivity contribution in [1.82, 2.24) is 0 Å². The Labute approximate surface area is 122 Å². The van der Waals surface area contributed by atoms with Crippen molar-refractivity contribution in [3.8, 4) is 0 Å². The van der Waals surface area contributed by atoms with Crippen molar-refractivity contribution in [3.05, 3.63) is 0 Å². The number of ketones is 1. The van der Waals surface area contributed by atoms with Gasteiger partial charge in [-0.05, 0) is 12.8 Å². The van der Waals surface area contributed by atoms with E-state index in [1.807, 2.05) is 6.92 Å². The van der Waals surface area contributed by atoms with Crippen LogP contribution in [0.2, 0.25) is 0 Å². The Bertz CT molecular complexity index is 265. The molecule has 0 radical (unpaired) electrons. The second-order valence-corrected chi connectivity index (χ2v) is 5.54. The molecule has 0 heterocycles. The fourth-order valence-corrected chi connectivity index (χ4v) is 2.27. The van der Waals surface area contributed by atoms with Crippen LogP contribution < -0.4 is 0 Å². The molecule has 0 aliphatic heterocycles. The van der Waals surface area contributed by atoms with E-state index in [1.54, 1.807) is 0 Å². The summed E-state index contributed by atoms with van der Waals surface area (Å²) >= 11 is 0. The standard InChI is InChI=1S/C16H30O4/c1-3-5-7-9-13(18)11-16(20)14(12-17)15(19)10-8-6-4-2/h12-14,16,18,20H,3-11H2,1-2H3. The molecule has 0 rings (SSSR count). The largest absolute Gasteiger partial charge is 0.393 e. The summed E-state index contributed by atoms with van der Waals surface area (Å²) in [6.45, 7) is 4.13. The van der Waals surface area contributed by atoms with Gasteiger partial charge in [-0.15, -0.1) is 0 Å². The van der Waals surface area contributed by atoms with Crippen molar-refractivity contribution in [2.45, 2.75) is 83.8 Å². The second-order valence-electron chi connectivity index (χ2n) is 5.54. The third-order valence-corrected chi connectivity index (χ3v) is 3.61. The van der Waals surface area contributed by atoms with Gasteiger partial charge in [-0.3, -0.25) is 4.79 Å². The van der Waals surface area contributed by atoms with Crippen LogP contribution in [0, 0.1) is 5.92 Å². The van der Waals surface area contributed by atoms with Gasteiger partial charge in [-0.1, -0.05) is 46.0 Å². The second kappa shape index (κ2) is 12.0. The van der Waals surface area contributed by atoms with Gasteiger partial charge in [0.1, 0.15) is 12.1 Å². The molecular formula is C16H30O4. The molecule has 3 unspecified atom stereocenters. The Morgan fingerprint density at radius 1 is 1.05 bits per heavy atom. The first-order valence-corrected chi connectivity index (χ1v) is 7.90. The number of Topliss-reactive ketones (excluding diaryl/α,β-unsaturated/α-hetero) is 1. The first-order valence-electron chi connectivity index (χ1n) is 7.90. The molecule has 0 fully saturated rings. The maximum atomic E-state index is 11.9. The predicted molar refractivity (Wildman–Crippen MR) is 79.5 cm³/mol. The molecule has 0 spiro atoms. The SMILES string of the molecule is CCCCCC(=O)C(C=O)C(O)CC(O)CCCCC. The van der Waals surface area contributed by atoms with E-state index in [1.165, 1.54) is 0 Å². The van der Waals surface area contributed by atoms with E-state index in [9.17, 15) is 19.8 Å². The number of carbonyl (C=O) groups excluding carboxylic acids is 2. The van der Waals surface area contributed by atoms with E-state index in [-0.39, 0.29) is 12.2 Å². The Morgan fingerprint density at radius 2 is 1.65 bits per heavy atom. The fraction of sp³-hybridized carbons (Fsp3) is 0.875. The maximum Gasteiger partial charge on any atom is 0.145 e. The maximum absolute atomic E-state index is 11.9. The molecule has 20 heavy (non-hydrogen) atoms.